The number of hydrogen-bond donors (Lipinski definition) is 1. The molecule has 2 aliphatic heterocycles. The minimum absolute atomic E-state index is 0. The Hall–Kier alpha value is -8.25. The number of benzene rings is 10. The Balaban J connectivity index is 0.000000325. The van der Waals surface area contributed by atoms with E-state index in [-0.39, 0.29) is 105 Å². The molecule has 0 radical (unpaired) electrons. The van der Waals surface area contributed by atoms with Gasteiger partial charge < -0.3 is 33.5 Å². The molecule has 2 fully saturated rings. The average molecular weight is 1580 g/mol. The van der Waals surface area contributed by atoms with Crippen molar-refractivity contribution < 1.29 is 59.9 Å². The molecule has 10 aromatic rings. The lowest BCUT2D eigenvalue weighted by Gasteiger charge is -2.15. The summed E-state index contributed by atoms with van der Waals surface area (Å²) in [6, 6.07) is 61.4. The second-order valence-electron chi connectivity index (χ2n) is 27.6. The summed E-state index contributed by atoms with van der Waals surface area (Å²) in [5, 5.41) is 9.38. The predicted molar refractivity (Wildman–Crippen MR) is 463 cm³/mol. The van der Waals surface area contributed by atoms with Gasteiger partial charge in [-0.05, 0) is 192 Å². The molecule has 0 spiro atoms. The molecule has 0 aliphatic carbocycles. The van der Waals surface area contributed by atoms with Crippen LogP contribution < -0.4 is 18.9 Å². The molecular formula is C95H118F6O7S3. The molecule has 600 valence electrons. The van der Waals surface area contributed by atoms with Crippen LogP contribution in [0.15, 0.2) is 212 Å². The van der Waals surface area contributed by atoms with Crippen molar-refractivity contribution in [2.75, 3.05) is 26.4 Å². The van der Waals surface area contributed by atoms with Gasteiger partial charge in [0.15, 0.2) is 34.9 Å². The monoisotopic (exact) mass is 1580 g/mol. The van der Waals surface area contributed by atoms with E-state index < -0.39 is 34.9 Å². The minimum Gasteiger partial charge on any atom is -0.508 e. The zero-order chi connectivity index (χ0) is 76.1. The number of hydrogen-bond acceptors (Lipinski definition) is 7. The van der Waals surface area contributed by atoms with E-state index in [1.54, 1.807) is 121 Å². The largest absolute Gasteiger partial charge is 0.508 e. The van der Waals surface area contributed by atoms with Gasteiger partial charge in [0.05, 0.1) is 18.3 Å². The molecule has 2 heterocycles. The summed E-state index contributed by atoms with van der Waals surface area (Å²) < 4.78 is 123. The molecule has 1 N–H and O–H groups in total. The minimum atomic E-state index is -0.904. The summed E-state index contributed by atoms with van der Waals surface area (Å²) >= 11 is 0. The van der Waals surface area contributed by atoms with Crippen molar-refractivity contribution in [1.82, 2.24) is 0 Å². The van der Waals surface area contributed by atoms with Gasteiger partial charge in [0, 0.05) is 59.8 Å². The molecule has 16 heteroatoms. The zero-order valence-corrected chi connectivity index (χ0v) is 68.1. The van der Waals surface area contributed by atoms with Crippen molar-refractivity contribution >= 4 is 40.5 Å². The second kappa shape index (κ2) is 52.1. The van der Waals surface area contributed by atoms with Gasteiger partial charge in [-0.1, -0.05) is 243 Å². The molecule has 0 saturated carbocycles. The first-order valence-corrected chi connectivity index (χ1v) is 38.6. The molecule has 2 saturated heterocycles. The quantitative estimate of drug-likeness (QED) is 0.0355. The number of aryl methyl sites for hydroxylation is 1. The van der Waals surface area contributed by atoms with E-state index in [1.165, 1.54) is 95.6 Å². The molecule has 3 unspecified atom stereocenters. The number of phenols is 1. The predicted octanol–water partition coefficient (Wildman–Crippen LogP) is 28.3. The number of phenolic OH excluding ortho intramolecular Hbond substituents is 1. The van der Waals surface area contributed by atoms with Crippen LogP contribution in [-0.2, 0) is 16.1 Å². The maximum atomic E-state index is 15.1. The Labute approximate surface area is 679 Å². The fourth-order valence-electron chi connectivity index (χ4n) is 12.4. The maximum absolute atomic E-state index is 15.1. The fourth-order valence-corrected chi connectivity index (χ4v) is 12.4. The van der Waals surface area contributed by atoms with E-state index in [1.807, 2.05) is 85.8 Å². The van der Waals surface area contributed by atoms with E-state index in [2.05, 4.69) is 41.5 Å². The average Bonchev–Trinajstić information content (AvgIpc) is 1.79. The zero-order valence-electron chi connectivity index (χ0n) is 65.1. The van der Waals surface area contributed by atoms with Crippen LogP contribution in [0.3, 0.4) is 0 Å². The van der Waals surface area contributed by atoms with Crippen LogP contribution in [-0.4, -0.2) is 49.8 Å². The SMILES string of the molecule is C.C1CCOC1.C1CCOC1.CCCCCCC(C)Oc1ccc(-c2ccc(-c3ccc(C)cc3)c(F)c2F)cc1.CCCCCCC(C)Oc1ccc(-c2ccc(-c3ccc(O)cc3)c(F)c2F)cc1.CCCCCCC(C)Oc1ccc(-c2ccc(-c3ccc(OCc4ccccc4)cc3)c(F)c2F)cc1.S.S.S. The highest BCUT2D eigenvalue weighted by Gasteiger charge is 2.21. The van der Waals surface area contributed by atoms with Crippen molar-refractivity contribution in [3.63, 3.8) is 0 Å². The van der Waals surface area contributed by atoms with Gasteiger partial charge >= 0.3 is 0 Å². The molecule has 3 atom stereocenters. The van der Waals surface area contributed by atoms with Crippen LogP contribution in [0.4, 0.5) is 26.3 Å². The number of rotatable bonds is 30. The van der Waals surface area contributed by atoms with Crippen LogP contribution in [0.1, 0.15) is 182 Å². The highest BCUT2D eigenvalue weighted by Crippen LogP contribution is 2.37. The highest BCUT2D eigenvalue weighted by atomic mass is 32.1. The van der Waals surface area contributed by atoms with Gasteiger partial charge in [0.1, 0.15) is 35.4 Å². The first kappa shape index (κ1) is 95.1. The lowest BCUT2D eigenvalue weighted by atomic mass is 9.98. The van der Waals surface area contributed by atoms with Gasteiger partial charge in [0.2, 0.25) is 0 Å². The van der Waals surface area contributed by atoms with Crippen LogP contribution in [0, 0.1) is 41.8 Å². The van der Waals surface area contributed by atoms with Gasteiger partial charge in [-0.3, -0.25) is 0 Å². The summed E-state index contributed by atoms with van der Waals surface area (Å²) in [4.78, 5) is 0. The van der Waals surface area contributed by atoms with Crippen molar-refractivity contribution in [3.05, 3.63) is 258 Å². The number of unbranched alkanes of at least 4 members (excludes halogenated alkanes) is 9. The summed E-state index contributed by atoms with van der Waals surface area (Å²) in [6.45, 7) is 19.2. The smallest absolute Gasteiger partial charge is 0.167 e. The van der Waals surface area contributed by atoms with Gasteiger partial charge in [-0.2, -0.15) is 40.5 Å². The lowest BCUT2D eigenvalue weighted by Crippen LogP contribution is -2.11. The van der Waals surface area contributed by atoms with Crippen molar-refractivity contribution in [1.29, 1.82) is 0 Å². The number of aromatic hydroxyl groups is 1. The summed E-state index contributed by atoms with van der Waals surface area (Å²) in [7, 11) is 0. The molecular weight excluding hydrogens is 1460 g/mol. The molecule has 12 rings (SSSR count). The third-order valence-electron chi connectivity index (χ3n) is 18.8. The van der Waals surface area contributed by atoms with Crippen molar-refractivity contribution in [3.8, 4) is 95.5 Å². The third-order valence-corrected chi connectivity index (χ3v) is 18.8. The normalized spacial score (nSPS) is 12.6. The molecule has 2 aliphatic rings. The Kier molecular flexibility index (Phi) is 44.7. The van der Waals surface area contributed by atoms with Crippen LogP contribution in [0.5, 0.6) is 28.7 Å². The molecule has 0 amide bonds. The van der Waals surface area contributed by atoms with Gasteiger partial charge in [0.25, 0.3) is 0 Å². The Morgan fingerprint density at radius 2 is 0.577 bits per heavy atom. The molecule has 0 bridgehead atoms. The summed E-state index contributed by atoms with van der Waals surface area (Å²) in [5.41, 5.74) is 7.06. The van der Waals surface area contributed by atoms with Crippen LogP contribution in [0.25, 0.3) is 66.8 Å². The van der Waals surface area contributed by atoms with Gasteiger partial charge in [-0.25, -0.2) is 26.3 Å². The topological polar surface area (TPSA) is 75.6 Å². The Morgan fingerprint density at radius 3 is 0.829 bits per heavy atom. The van der Waals surface area contributed by atoms with E-state index in [4.69, 9.17) is 28.4 Å². The Morgan fingerprint density at radius 1 is 0.324 bits per heavy atom. The molecule has 0 aromatic heterocycles. The summed E-state index contributed by atoms with van der Waals surface area (Å²) in [6.07, 6.45) is 23.0. The fraction of sp³-hybridized carbons (Fsp3) is 0.368. The molecule has 7 nitrogen and oxygen atoms in total. The van der Waals surface area contributed by atoms with Crippen molar-refractivity contribution in [2.24, 2.45) is 0 Å². The highest BCUT2D eigenvalue weighted by molar-refractivity contribution is 7.59. The second-order valence-corrected chi connectivity index (χ2v) is 27.6. The standard InChI is InChI=1S/C33H34F2O2.C27H30F2O.C26H28F2O2.2C4H8O.CH4.3H2S/c1-3-4-5-7-10-24(2)37-29-19-15-27(16-20-29)31-22-21-30(32(34)33(31)35)26-13-17-28(18-14-26)36-23-25-11-8-6-9-12-25;1-4-5-6-7-8-20(3)30-23-15-13-22(14-16-23)25-18-17-24(26(28)27(25)29)21-11-9-19(2)10-12-21;1-3-4-5-6-7-18(2)30-22-14-10-20(11-15-22)24-17-16-23(25(27)26(24)28)19-8-12-21(29)13-9-19;2*1-2-4-5-3-1;;;;/h6,8-9,11-22,24H,3-5,7,10,23H2,1-2H3;9-18,20H,4-8H2,1-3H3;8-18,29H,3-7H2,1-2H3;2*1-4H2;1H4;3*1H2. The number of halogens is 6. The number of ether oxygens (including phenoxy) is 6. The third kappa shape index (κ3) is 31.3. The lowest BCUT2D eigenvalue weighted by molar-refractivity contribution is 0.198. The first-order chi connectivity index (χ1) is 52.0. The van der Waals surface area contributed by atoms with E-state index >= 15 is 8.78 Å². The van der Waals surface area contributed by atoms with E-state index in [0.717, 1.165) is 93.3 Å². The van der Waals surface area contributed by atoms with Crippen molar-refractivity contribution in [2.45, 2.75) is 203 Å². The molecule has 111 heavy (non-hydrogen) atoms. The van der Waals surface area contributed by atoms with E-state index in [9.17, 15) is 22.7 Å². The first-order valence-electron chi connectivity index (χ1n) is 38.6. The Bertz CT molecular complexity index is 4000. The van der Waals surface area contributed by atoms with Gasteiger partial charge in [-0.15, -0.1) is 0 Å². The van der Waals surface area contributed by atoms with E-state index in [0.29, 0.717) is 45.7 Å². The van der Waals surface area contributed by atoms with Crippen LogP contribution in [0.2, 0.25) is 0 Å². The summed E-state index contributed by atoms with van der Waals surface area (Å²) in [5.74, 6) is -2.21. The maximum Gasteiger partial charge on any atom is 0.167 e. The molecule has 10 aromatic carbocycles. The van der Waals surface area contributed by atoms with Crippen LogP contribution >= 0.6 is 40.5 Å².